The van der Waals surface area contributed by atoms with Crippen molar-refractivity contribution < 1.29 is 80.5 Å². The number of hydrogen-bond acceptors (Lipinski definition) is 12. The van der Waals surface area contributed by atoms with E-state index in [1.807, 2.05) is 0 Å². The van der Waals surface area contributed by atoms with E-state index in [-0.39, 0.29) is 95.4 Å². The van der Waals surface area contributed by atoms with Crippen molar-refractivity contribution in [3.05, 3.63) is 76.3 Å². The SMILES string of the molecule is Cc1cc(C)c2c(O)c(N=N)cc(S(=O)(=O)O)c2c1.Cc1cc(S(=O)(=O)O)cc(N=Nc2c(C)cc3c(C)c(O)ccc3c2O)c1O.[Cu].[Cu]. The molecule has 0 aliphatic carbocycles. The van der Waals surface area contributed by atoms with Gasteiger partial charge in [0.1, 0.15) is 33.5 Å². The van der Waals surface area contributed by atoms with Crippen LogP contribution in [0.15, 0.2) is 73.7 Å². The number of nitrogens with one attached hydrogen (secondary N) is 1. The molecule has 0 heterocycles. The van der Waals surface area contributed by atoms with Gasteiger partial charge < -0.3 is 20.4 Å². The molecular formula is C31H30Cu2N4O10S2. The van der Waals surface area contributed by atoms with Crippen LogP contribution in [0.2, 0.25) is 0 Å². The number of aromatic hydroxyl groups is 4. The molecule has 5 aromatic carbocycles. The van der Waals surface area contributed by atoms with Crippen LogP contribution in [0, 0.1) is 40.1 Å². The smallest absolute Gasteiger partial charge is 0.295 e. The minimum atomic E-state index is -4.49. The summed E-state index contributed by atoms with van der Waals surface area (Å²) in [5.74, 6) is -0.628. The molecule has 0 fully saturated rings. The van der Waals surface area contributed by atoms with Gasteiger partial charge in [-0.3, -0.25) is 9.11 Å². The second-order valence-corrected chi connectivity index (χ2v) is 13.6. The van der Waals surface area contributed by atoms with Gasteiger partial charge in [-0.1, -0.05) is 11.6 Å². The first-order valence-corrected chi connectivity index (χ1v) is 16.4. The van der Waals surface area contributed by atoms with E-state index in [9.17, 15) is 46.4 Å². The first-order valence-electron chi connectivity index (χ1n) is 13.6. The van der Waals surface area contributed by atoms with E-state index in [0.717, 1.165) is 23.8 Å². The Morgan fingerprint density at radius 2 is 1.24 bits per heavy atom. The number of aryl methyl sites for hydroxylation is 5. The van der Waals surface area contributed by atoms with Gasteiger partial charge in [0.15, 0.2) is 11.5 Å². The van der Waals surface area contributed by atoms with Gasteiger partial charge in [0, 0.05) is 50.3 Å². The molecule has 0 aliphatic rings. The van der Waals surface area contributed by atoms with Gasteiger partial charge in [-0.05, 0) is 105 Å². The van der Waals surface area contributed by atoms with E-state index in [4.69, 9.17) is 5.53 Å². The molecule has 0 amide bonds. The maximum absolute atomic E-state index is 11.4. The summed E-state index contributed by atoms with van der Waals surface area (Å²) < 4.78 is 64.1. The zero-order chi connectivity index (χ0) is 35.2. The minimum absolute atomic E-state index is 0. The Hall–Kier alpha value is -4.12. The number of phenolic OH excluding ortho intramolecular Hbond substituents is 4. The number of hydrogen-bond donors (Lipinski definition) is 7. The topological polar surface area (TPSA) is 251 Å². The average molecular weight is 810 g/mol. The van der Waals surface area contributed by atoms with Crippen molar-refractivity contribution in [2.75, 3.05) is 0 Å². The summed E-state index contributed by atoms with van der Waals surface area (Å²) >= 11 is 0. The minimum Gasteiger partial charge on any atom is -0.508 e. The van der Waals surface area contributed by atoms with Gasteiger partial charge in [0.05, 0.1) is 4.90 Å². The van der Waals surface area contributed by atoms with Crippen molar-refractivity contribution in [2.24, 2.45) is 15.3 Å². The van der Waals surface area contributed by atoms with Crippen LogP contribution in [0.1, 0.15) is 27.8 Å². The van der Waals surface area contributed by atoms with E-state index in [1.54, 1.807) is 52.0 Å². The summed E-state index contributed by atoms with van der Waals surface area (Å²) in [5, 5.41) is 53.1. The fourth-order valence-electron chi connectivity index (χ4n) is 5.07. The normalized spacial score (nSPS) is 11.5. The predicted molar refractivity (Wildman–Crippen MR) is 173 cm³/mol. The number of phenols is 4. The number of benzene rings is 5. The largest absolute Gasteiger partial charge is 0.508 e. The van der Waals surface area contributed by atoms with Crippen molar-refractivity contribution in [3.8, 4) is 23.0 Å². The summed E-state index contributed by atoms with van der Waals surface area (Å²) in [6.07, 6.45) is 0. The molecule has 0 unspecified atom stereocenters. The van der Waals surface area contributed by atoms with E-state index in [0.29, 0.717) is 27.5 Å². The summed E-state index contributed by atoms with van der Waals surface area (Å²) in [7, 11) is -8.95. The molecule has 5 aromatic rings. The summed E-state index contributed by atoms with van der Waals surface area (Å²) in [6, 6.07) is 11.1. The maximum Gasteiger partial charge on any atom is 0.295 e. The van der Waals surface area contributed by atoms with Crippen molar-refractivity contribution in [3.63, 3.8) is 0 Å². The van der Waals surface area contributed by atoms with Gasteiger partial charge in [-0.2, -0.15) is 21.9 Å². The third kappa shape index (κ3) is 8.37. The molecule has 0 aliphatic heterocycles. The zero-order valence-electron chi connectivity index (χ0n) is 26.2. The molecule has 18 heteroatoms. The van der Waals surface area contributed by atoms with Crippen LogP contribution in [-0.2, 0) is 54.4 Å². The molecule has 0 saturated heterocycles. The molecule has 0 spiro atoms. The molecule has 2 radical (unpaired) electrons. The van der Waals surface area contributed by atoms with Gasteiger partial charge in [0.25, 0.3) is 20.2 Å². The molecule has 268 valence electrons. The summed E-state index contributed by atoms with van der Waals surface area (Å²) in [4.78, 5) is -0.791. The first-order chi connectivity index (χ1) is 21.8. The molecule has 0 atom stereocenters. The second kappa shape index (κ2) is 15.2. The third-order valence-electron chi connectivity index (χ3n) is 7.40. The molecule has 0 bridgehead atoms. The zero-order valence-corrected chi connectivity index (χ0v) is 29.7. The van der Waals surface area contributed by atoms with Crippen LogP contribution in [0.25, 0.3) is 21.5 Å². The first kappa shape index (κ1) is 41.1. The molecule has 0 aromatic heterocycles. The van der Waals surface area contributed by atoms with Crippen molar-refractivity contribution in [2.45, 2.75) is 44.4 Å². The Balaban J connectivity index is 0.000000349. The van der Waals surface area contributed by atoms with Crippen LogP contribution in [0.5, 0.6) is 23.0 Å². The van der Waals surface area contributed by atoms with Crippen LogP contribution in [0.3, 0.4) is 0 Å². The summed E-state index contributed by atoms with van der Waals surface area (Å²) in [5.41, 5.74) is 9.51. The van der Waals surface area contributed by atoms with Crippen molar-refractivity contribution in [1.82, 2.24) is 0 Å². The molecule has 5 rings (SSSR count). The van der Waals surface area contributed by atoms with E-state index in [1.165, 1.54) is 13.0 Å². The van der Waals surface area contributed by atoms with Crippen molar-refractivity contribution >= 4 is 58.8 Å². The molecule has 7 N–H and O–H groups in total. The monoisotopic (exact) mass is 808 g/mol. The van der Waals surface area contributed by atoms with Gasteiger partial charge in [0.2, 0.25) is 0 Å². The molecular weight excluding hydrogens is 780 g/mol. The summed E-state index contributed by atoms with van der Waals surface area (Å²) in [6.45, 7) is 8.35. The fraction of sp³-hybridized carbons (Fsp3) is 0.161. The number of nitrogens with zero attached hydrogens (tertiary/aromatic N) is 3. The number of fused-ring (bicyclic) bond motifs is 2. The van der Waals surface area contributed by atoms with Crippen LogP contribution in [-0.4, -0.2) is 46.4 Å². The fourth-order valence-corrected chi connectivity index (χ4v) is 6.35. The van der Waals surface area contributed by atoms with E-state index in [2.05, 4.69) is 15.3 Å². The Labute approximate surface area is 302 Å². The quantitative estimate of drug-likeness (QED) is 0.0520. The second-order valence-electron chi connectivity index (χ2n) is 10.8. The Bertz CT molecular complexity index is 2390. The van der Waals surface area contributed by atoms with Gasteiger partial charge in [-0.15, -0.1) is 10.2 Å². The molecule has 0 saturated carbocycles. The van der Waals surface area contributed by atoms with Crippen LogP contribution in [0.4, 0.5) is 17.1 Å². The van der Waals surface area contributed by atoms with Gasteiger partial charge >= 0.3 is 0 Å². The van der Waals surface area contributed by atoms with Crippen LogP contribution < -0.4 is 0 Å². The third-order valence-corrected chi connectivity index (χ3v) is 9.13. The van der Waals surface area contributed by atoms with Crippen LogP contribution >= 0.6 is 0 Å². The Morgan fingerprint density at radius 1 is 0.612 bits per heavy atom. The molecule has 49 heavy (non-hydrogen) atoms. The Morgan fingerprint density at radius 3 is 1.82 bits per heavy atom. The maximum atomic E-state index is 11.4. The van der Waals surface area contributed by atoms with Crippen molar-refractivity contribution in [1.29, 1.82) is 5.53 Å². The molecule has 14 nitrogen and oxygen atoms in total. The predicted octanol–water partition coefficient (Wildman–Crippen LogP) is 7.61. The van der Waals surface area contributed by atoms with E-state index >= 15 is 0 Å². The van der Waals surface area contributed by atoms with E-state index < -0.39 is 25.1 Å². The standard InChI is InChI=1S/C19H18N2O6S.C12H12N2O4S.2Cu/c1-9-7-14-11(3)16(22)5-4-13(14)19(24)17(9)21-20-15-8-12(28(25,26)27)6-10(2)18(15)23;1-6-3-7(2)11-8(4-6)10(19(16,17)18)5-9(14-13)12(11)15;;/h4-8,22-24H,1-3H3,(H,25,26,27);3-5,13,15H,1-2H3,(H,16,17,18);;. The number of azo groups is 1. The average Bonchev–Trinajstić information content (AvgIpc) is 2.96. The number of rotatable bonds is 5. The van der Waals surface area contributed by atoms with Gasteiger partial charge in [-0.25, -0.2) is 5.53 Å². The Kier molecular flexibility index (Phi) is 12.7.